The molecule has 1 heterocycles. The molecule has 1 aromatic carbocycles. The Hall–Kier alpha value is -2.62. The van der Waals surface area contributed by atoms with E-state index in [2.05, 4.69) is 10.1 Å². The summed E-state index contributed by atoms with van der Waals surface area (Å²) in [6.07, 6.45) is 6.87. The van der Waals surface area contributed by atoms with Crippen molar-refractivity contribution in [3.63, 3.8) is 0 Å². The molecule has 19 heavy (non-hydrogen) atoms. The van der Waals surface area contributed by atoms with Gasteiger partial charge in [0.2, 0.25) is 0 Å². The molecular weight excluding hydrogens is 240 g/mol. The fourth-order valence-corrected chi connectivity index (χ4v) is 1.63. The van der Waals surface area contributed by atoms with Crippen LogP contribution in [0, 0.1) is 0 Å². The van der Waals surface area contributed by atoms with Gasteiger partial charge in [0.1, 0.15) is 5.75 Å². The topological polar surface area (TPSA) is 54.7 Å². The van der Waals surface area contributed by atoms with Crippen molar-refractivity contribution in [3.05, 3.63) is 59.4 Å². The summed E-state index contributed by atoms with van der Waals surface area (Å²) in [6, 6.07) is 11.3. The number of rotatable bonds is 4. The number of methoxy groups -OCH3 is 1. The van der Waals surface area contributed by atoms with Crippen LogP contribution in [0.1, 0.15) is 16.8 Å². The summed E-state index contributed by atoms with van der Waals surface area (Å²) >= 11 is 0. The first kappa shape index (κ1) is 12.8. The SMILES string of the molecule is COc1ccc(C=Cc2ncccc2C=NO)cc1. The first-order chi connectivity index (χ1) is 9.33. The predicted molar refractivity (Wildman–Crippen MR) is 75.5 cm³/mol. The average Bonchev–Trinajstić information content (AvgIpc) is 2.47. The Morgan fingerprint density at radius 3 is 2.63 bits per heavy atom. The number of pyridine rings is 1. The molecular formula is C15H14N2O2. The first-order valence-corrected chi connectivity index (χ1v) is 5.78. The lowest BCUT2D eigenvalue weighted by molar-refractivity contribution is 0.322. The molecule has 4 nitrogen and oxygen atoms in total. The van der Waals surface area contributed by atoms with Gasteiger partial charge in [0.05, 0.1) is 19.0 Å². The van der Waals surface area contributed by atoms with E-state index in [1.807, 2.05) is 42.5 Å². The van der Waals surface area contributed by atoms with Crippen molar-refractivity contribution < 1.29 is 9.94 Å². The minimum absolute atomic E-state index is 0.746. The van der Waals surface area contributed by atoms with Crippen LogP contribution in [-0.4, -0.2) is 23.5 Å². The molecule has 0 aliphatic carbocycles. The molecule has 0 radical (unpaired) electrons. The van der Waals surface area contributed by atoms with Crippen LogP contribution in [0.2, 0.25) is 0 Å². The summed E-state index contributed by atoms with van der Waals surface area (Å²) in [4.78, 5) is 4.23. The van der Waals surface area contributed by atoms with Gasteiger partial charge in [-0.25, -0.2) is 0 Å². The van der Waals surface area contributed by atoms with Crippen molar-refractivity contribution in [2.45, 2.75) is 0 Å². The normalized spacial score (nSPS) is 11.2. The molecule has 0 bridgehead atoms. The maximum absolute atomic E-state index is 8.59. The second-order valence-corrected chi connectivity index (χ2v) is 3.83. The van der Waals surface area contributed by atoms with Gasteiger partial charge in [-0.3, -0.25) is 4.98 Å². The molecule has 2 aromatic rings. The molecule has 0 fully saturated rings. The van der Waals surface area contributed by atoms with Gasteiger partial charge in [-0.2, -0.15) is 0 Å². The lowest BCUT2D eigenvalue weighted by atomic mass is 10.1. The molecule has 0 spiro atoms. The second-order valence-electron chi connectivity index (χ2n) is 3.83. The average molecular weight is 254 g/mol. The van der Waals surface area contributed by atoms with E-state index >= 15 is 0 Å². The van der Waals surface area contributed by atoms with Gasteiger partial charge in [0.15, 0.2) is 0 Å². The van der Waals surface area contributed by atoms with Gasteiger partial charge in [0.25, 0.3) is 0 Å². The molecule has 0 amide bonds. The van der Waals surface area contributed by atoms with Crippen LogP contribution in [-0.2, 0) is 0 Å². The third-order valence-electron chi connectivity index (χ3n) is 2.62. The number of benzene rings is 1. The van der Waals surface area contributed by atoms with E-state index < -0.39 is 0 Å². The van der Waals surface area contributed by atoms with Crippen LogP contribution >= 0.6 is 0 Å². The molecule has 1 aromatic heterocycles. The summed E-state index contributed by atoms with van der Waals surface area (Å²) < 4.78 is 5.10. The van der Waals surface area contributed by atoms with Crippen LogP contribution in [0.3, 0.4) is 0 Å². The Morgan fingerprint density at radius 2 is 1.95 bits per heavy atom. The highest BCUT2D eigenvalue weighted by atomic mass is 16.5. The van der Waals surface area contributed by atoms with Crippen molar-refractivity contribution in [3.8, 4) is 5.75 Å². The van der Waals surface area contributed by atoms with Gasteiger partial charge in [-0.1, -0.05) is 23.4 Å². The summed E-state index contributed by atoms with van der Waals surface area (Å²) in [7, 11) is 1.64. The van der Waals surface area contributed by atoms with Crippen molar-refractivity contribution in [2.75, 3.05) is 7.11 Å². The molecule has 0 saturated carbocycles. The Morgan fingerprint density at radius 1 is 1.16 bits per heavy atom. The number of oxime groups is 1. The molecule has 2 rings (SSSR count). The number of nitrogens with zero attached hydrogens (tertiary/aromatic N) is 2. The van der Waals surface area contributed by atoms with Crippen molar-refractivity contribution >= 4 is 18.4 Å². The van der Waals surface area contributed by atoms with Gasteiger partial charge < -0.3 is 9.94 Å². The minimum Gasteiger partial charge on any atom is -0.497 e. The molecule has 0 aliphatic rings. The summed E-state index contributed by atoms with van der Waals surface area (Å²) in [5.41, 5.74) is 2.55. The van der Waals surface area contributed by atoms with Crippen LogP contribution in [0.4, 0.5) is 0 Å². The van der Waals surface area contributed by atoms with Gasteiger partial charge in [-0.15, -0.1) is 0 Å². The highest BCUT2D eigenvalue weighted by molar-refractivity contribution is 5.86. The van der Waals surface area contributed by atoms with Crippen molar-refractivity contribution in [2.24, 2.45) is 5.16 Å². The summed E-state index contributed by atoms with van der Waals surface area (Å²) in [5, 5.41) is 11.6. The summed E-state index contributed by atoms with van der Waals surface area (Å²) in [5.74, 6) is 0.822. The molecule has 0 atom stereocenters. The number of hydrogen-bond acceptors (Lipinski definition) is 4. The van der Waals surface area contributed by atoms with E-state index in [-0.39, 0.29) is 0 Å². The predicted octanol–water partition coefficient (Wildman–Crippen LogP) is 3.07. The van der Waals surface area contributed by atoms with E-state index in [0.29, 0.717) is 0 Å². The van der Waals surface area contributed by atoms with Crippen LogP contribution in [0.25, 0.3) is 12.2 Å². The van der Waals surface area contributed by atoms with E-state index in [4.69, 9.17) is 9.94 Å². The lowest BCUT2D eigenvalue weighted by Gasteiger charge is -2.00. The minimum atomic E-state index is 0.746. The van der Waals surface area contributed by atoms with Crippen LogP contribution in [0.5, 0.6) is 5.75 Å². The molecule has 0 unspecified atom stereocenters. The third kappa shape index (κ3) is 3.42. The van der Waals surface area contributed by atoms with Gasteiger partial charge in [0, 0.05) is 11.8 Å². The Kier molecular flexibility index (Phi) is 4.29. The second kappa shape index (κ2) is 6.35. The molecule has 1 N–H and O–H groups in total. The monoisotopic (exact) mass is 254 g/mol. The number of hydrogen-bond donors (Lipinski definition) is 1. The summed E-state index contributed by atoms with van der Waals surface area (Å²) in [6.45, 7) is 0. The molecule has 96 valence electrons. The number of aromatic nitrogens is 1. The Labute approximate surface area is 111 Å². The molecule has 4 heteroatoms. The lowest BCUT2D eigenvalue weighted by Crippen LogP contribution is -1.89. The zero-order chi connectivity index (χ0) is 13.5. The maximum atomic E-state index is 8.59. The standard InChI is InChI=1S/C15H14N2O2/c1-19-14-7-4-12(5-8-14)6-9-15-13(11-17-18)3-2-10-16-15/h2-11,18H,1H3. The van der Waals surface area contributed by atoms with Gasteiger partial charge in [-0.05, 0) is 35.9 Å². The van der Waals surface area contributed by atoms with E-state index in [1.54, 1.807) is 19.4 Å². The highest BCUT2D eigenvalue weighted by Crippen LogP contribution is 2.14. The van der Waals surface area contributed by atoms with E-state index in [9.17, 15) is 0 Å². The Balaban J connectivity index is 2.22. The van der Waals surface area contributed by atoms with Gasteiger partial charge >= 0.3 is 0 Å². The third-order valence-corrected chi connectivity index (χ3v) is 2.62. The smallest absolute Gasteiger partial charge is 0.118 e. The first-order valence-electron chi connectivity index (χ1n) is 5.78. The molecule has 0 saturated heterocycles. The van der Waals surface area contributed by atoms with Crippen LogP contribution in [0.15, 0.2) is 47.8 Å². The fraction of sp³-hybridized carbons (Fsp3) is 0.0667. The maximum Gasteiger partial charge on any atom is 0.118 e. The zero-order valence-corrected chi connectivity index (χ0v) is 10.5. The highest BCUT2D eigenvalue weighted by Gasteiger charge is 1.97. The zero-order valence-electron chi connectivity index (χ0n) is 10.5. The van der Waals surface area contributed by atoms with Crippen molar-refractivity contribution in [1.82, 2.24) is 4.98 Å². The van der Waals surface area contributed by atoms with Crippen molar-refractivity contribution in [1.29, 1.82) is 0 Å². The van der Waals surface area contributed by atoms with E-state index in [1.165, 1.54) is 6.21 Å². The fourth-order valence-electron chi connectivity index (χ4n) is 1.63. The number of ether oxygens (including phenoxy) is 1. The van der Waals surface area contributed by atoms with E-state index in [0.717, 1.165) is 22.6 Å². The van der Waals surface area contributed by atoms with Crippen LogP contribution < -0.4 is 4.74 Å². The quantitative estimate of drug-likeness (QED) is 0.518. The molecule has 0 aliphatic heterocycles. The largest absolute Gasteiger partial charge is 0.497 e. The Bertz CT molecular complexity index is 589.